The fraction of sp³-hybridized carbons (Fsp3) is 0.818. The average Bonchev–Trinajstić information content (AvgIpc) is 3.01. The molecule has 6 nitrogen and oxygen atoms in total. The van der Waals surface area contributed by atoms with Crippen molar-refractivity contribution in [2.24, 2.45) is 11.7 Å². The molecule has 2 unspecified atom stereocenters. The summed E-state index contributed by atoms with van der Waals surface area (Å²) in [6.45, 7) is 2.80. The highest BCUT2D eigenvalue weighted by molar-refractivity contribution is 5.86. The summed E-state index contributed by atoms with van der Waals surface area (Å²) >= 11 is 0. The molecule has 1 aliphatic rings. The summed E-state index contributed by atoms with van der Waals surface area (Å²) in [5, 5.41) is 0. The zero-order valence-electron chi connectivity index (χ0n) is 10.3. The number of methoxy groups -OCH3 is 1. The van der Waals surface area contributed by atoms with Gasteiger partial charge in [-0.3, -0.25) is 9.59 Å². The quantitative estimate of drug-likeness (QED) is 0.603. The molecule has 0 aromatic rings. The molecule has 0 aliphatic heterocycles. The summed E-state index contributed by atoms with van der Waals surface area (Å²) in [6, 6.07) is -0.0604. The second-order valence-corrected chi connectivity index (χ2v) is 4.06. The number of hydrogen-bond acceptors (Lipinski definition) is 5. The molecule has 6 heteroatoms. The normalized spacial score (nSPS) is 22.1. The van der Waals surface area contributed by atoms with Crippen LogP contribution in [0.25, 0.3) is 0 Å². The maximum absolute atomic E-state index is 11.9. The SMILES string of the molecule is CCOC(=O)CN(CCOC)C(=O)C1CC1N. The van der Waals surface area contributed by atoms with E-state index in [1.807, 2.05) is 0 Å². The monoisotopic (exact) mass is 244 g/mol. The van der Waals surface area contributed by atoms with Crippen LogP contribution < -0.4 is 5.73 Å². The van der Waals surface area contributed by atoms with Gasteiger partial charge in [0.05, 0.1) is 19.1 Å². The van der Waals surface area contributed by atoms with E-state index in [0.717, 1.165) is 0 Å². The van der Waals surface area contributed by atoms with Crippen molar-refractivity contribution >= 4 is 11.9 Å². The van der Waals surface area contributed by atoms with E-state index >= 15 is 0 Å². The fourth-order valence-electron chi connectivity index (χ4n) is 1.56. The lowest BCUT2D eigenvalue weighted by Crippen LogP contribution is -2.40. The Morgan fingerprint density at radius 2 is 2.12 bits per heavy atom. The van der Waals surface area contributed by atoms with Crippen LogP contribution in [0.4, 0.5) is 0 Å². The number of nitrogens with zero attached hydrogens (tertiary/aromatic N) is 1. The van der Waals surface area contributed by atoms with E-state index in [9.17, 15) is 9.59 Å². The Kier molecular flexibility index (Phi) is 5.37. The van der Waals surface area contributed by atoms with Gasteiger partial charge in [-0.2, -0.15) is 0 Å². The number of amides is 1. The minimum absolute atomic E-state index is 0.0285. The summed E-state index contributed by atoms with van der Waals surface area (Å²) in [4.78, 5) is 24.8. The standard InChI is InChI=1S/C11H20N2O4/c1-3-17-10(14)7-13(4-5-16-2)11(15)8-6-9(8)12/h8-9H,3-7,12H2,1-2H3. The number of carbonyl (C=O) groups is 2. The first-order valence-electron chi connectivity index (χ1n) is 5.79. The number of hydrogen-bond donors (Lipinski definition) is 1. The molecule has 1 rings (SSSR count). The highest BCUT2D eigenvalue weighted by atomic mass is 16.5. The molecule has 0 aromatic heterocycles. The molecule has 0 radical (unpaired) electrons. The number of carbonyl (C=O) groups excluding carboxylic acids is 2. The summed E-state index contributed by atoms with van der Waals surface area (Å²) < 4.78 is 9.74. The van der Waals surface area contributed by atoms with Gasteiger partial charge in [-0.25, -0.2) is 0 Å². The van der Waals surface area contributed by atoms with Crippen molar-refractivity contribution in [1.29, 1.82) is 0 Å². The lowest BCUT2D eigenvalue weighted by molar-refractivity contribution is -0.149. The minimum atomic E-state index is -0.397. The highest BCUT2D eigenvalue weighted by Crippen LogP contribution is 2.29. The number of esters is 1. The summed E-state index contributed by atoms with van der Waals surface area (Å²) in [7, 11) is 1.55. The van der Waals surface area contributed by atoms with E-state index in [4.69, 9.17) is 15.2 Å². The molecule has 98 valence electrons. The third-order valence-electron chi connectivity index (χ3n) is 2.66. The molecular weight excluding hydrogens is 224 g/mol. The van der Waals surface area contributed by atoms with Crippen LogP contribution in [0.2, 0.25) is 0 Å². The molecule has 0 aromatic carbocycles. The Bertz CT molecular complexity index is 283. The predicted octanol–water partition coefficient (Wildman–Crippen LogP) is -0.628. The van der Waals surface area contributed by atoms with Crippen LogP contribution in [0.5, 0.6) is 0 Å². The molecule has 2 atom stereocenters. The van der Waals surface area contributed by atoms with Crippen LogP contribution >= 0.6 is 0 Å². The zero-order valence-corrected chi connectivity index (χ0v) is 10.3. The van der Waals surface area contributed by atoms with Gasteiger partial charge in [-0.05, 0) is 13.3 Å². The van der Waals surface area contributed by atoms with E-state index in [2.05, 4.69) is 0 Å². The Balaban J connectivity index is 2.47. The maximum Gasteiger partial charge on any atom is 0.325 e. The van der Waals surface area contributed by atoms with Gasteiger partial charge in [-0.15, -0.1) is 0 Å². The minimum Gasteiger partial charge on any atom is -0.465 e. The lowest BCUT2D eigenvalue weighted by Gasteiger charge is -2.21. The van der Waals surface area contributed by atoms with Crippen molar-refractivity contribution < 1.29 is 19.1 Å². The van der Waals surface area contributed by atoms with Crippen molar-refractivity contribution in [3.05, 3.63) is 0 Å². The van der Waals surface area contributed by atoms with Crippen molar-refractivity contribution in [2.45, 2.75) is 19.4 Å². The maximum atomic E-state index is 11.9. The van der Waals surface area contributed by atoms with Gasteiger partial charge in [-0.1, -0.05) is 0 Å². The van der Waals surface area contributed by atoms with Crippen LogP contribution in [0.15, 0.2) is 0 Å². The van der Waals surface area contributed by atoms with Crippen LogP contribution in [0.3, 0.4) is 0 Å². The molecule has 1 saturated carbocycles. The van der Waals surface area contributed by atoms with Gasteiger partial charge in [0.25, 0.3) is 0 Å². The molecule has 1 fully saturated rings. The van der Waals surface area contributed by atoms with Crippen molar-refractivity contribution in [3.8, 4) is 0 Å². The Labute approximate surface area is 101 Å². The van der Waals surface area contributed by atoms with Gasteiger partial charge < -0.3 is 20.1 Å². The van der Waals surface area contributed by atoms with E-state index in [0.29, 0.717) is 26.2 Å². The van der Waals surface area contributed by atoms with E-state index < -0.39 is 5.97 Å². The second-order valence-electron chi connectivity index (χ2n) is 4.06. The van der Waals surface area contributed by atoms with E-state index in [-0.39, 0.29) is 24.4 Å². The van der Waals surface area contributed by atoms with Crippen LogP contribution in [0.1, 0.15) is 13.3 Å². The Hall–Kier alpha value is -1.14. The van der Waals surface area contributed by atoms with Gasteiger partial charge in [0.2, 0.25) is 5.91 Å². The number of ether oxygens (including phenoxy) is 2. The Morgan fingerprint density at radius 1 is 1.47 bits per heavy atom. The van der Waals surface area contributed by atoms with Crippen LogP contribution in [-0.2, 0) is 19.1 Å². The molecule has 2 N–H and O–H groups in total. The molecule has 0 saturated heterocycles. The summed E-state index contributed by atoms with van der Waals surface area (Å²) in [5.74, 6) is -0.616. The van der Waals surface area contributed by atoms with E-state index in [1.165, 1.54) is 4.90 Å². The van der Waals surface area contributed by atoms with Crippen molar-refractivity contribution in [1.82, 2.24) is 4.90 Å². The largest absolute Gasteiger partial charge is 0.465 e. The second kappa shape index (κ2) is 6.56. The van der Waals surface area contributed by atoms with Crippen molar-refractivity contribution in [2.75, 3.05) is 33.4 Å². The molecule has 17 heavy (non-hydrogen) atoms. The van der Waals surface area contributed by atoms with Crippen LogP contribution in [-0.4, -0.2) is 56.2 Å². The topological polar surface area (TPSA) is 81.9 Å². The predicted molar refractivity (Wildman–Crippen MR) is 61.2 cm³/mol. The molecule has 1 aliphatic carbocycles. The summed E-state index contributed by atoms with van der Waals surface area (Å²) in [6.07, 6.45) is 0.700. The van der Waals surface area contributed by atoms with Crippen molar-refractivity contribution in [3.63, 3.8) is 0 Å². The smallest absolute Gasteiger partial charge is 0.325 e. The first-order valence-corrected chi connectivity index (χ1v) is 5.79. The average molecular weight is 244 g/mol. The van der Waals surface area contributed by atoms with Gasteiger partial charge in [0.1, 0.15) is 6.54 Å². The van der Waals surface area contributed by atoms with Gasteiger partial charge in [0, 0.05) is 19.7 Å². The first kappa shape index (κ1) is 13.9. The zero-order chi connectivity index (χ0) is 12.8. The third-order valence-corrected chi connectivity index (χ3v) is 2.66. The molecule has 0 heterocycles. The number of rotatable bonds is 7. The third kappa shape index (κ3) is 4.32. The van der Waals surface area contributed by atoms with Crippen LogP contribution in [0, 0.1) is 5.92 Å². The lowest BCUT2D eigenvalue weighted by atomic mass is 10.3. The first-order chi connectivity index (χ1) is 8.10. The number of nitrogens with two attached hydrogens (primary N) is 1. The molecule has 0 spiro atoms. The fourth-order valence-corrected chi connectivity index (χ4v) is 1.56. The molecular formula is C11H20N2O4. The van der Waals surface area contributed by atoms with Gasteiger partial charge >= 0.3 is 5.97 Å². The molecule has 1 amide bonds. The Morgan fingerprint density at radius 3 is 2.59 bits per heavy atom. The summed E-state index contributed by atoms with van der Waals surface area (Å²) in [5.41, 5.74) is 5.63. The van der Waals surface area contributed by atoms with E-state index in [1.54, 1.807) is 14.0 Å². The molecule has 0 bridgehead atoms. The highest BCUT2D eigenvalue weighted by Gasteiger charge is 2.42. The van der Waals surface area contributed by atoms with Gasteiger partial charge in [0.15, 0.2) is 0 Å².